The van der Waals surface area contributed by atoms with E-state index in [0.717, 1.165) is 19.6 Å². The Labute approximate surface area is 80.4 Å². The second-order valence-electron chi connectivity index (χ2n) is 3.60. The standard InChI is InChI=1S/C10H20N2O/c1-10-3-2-6-12(9-10)7-4-11-5-8-13/h11,13H,1-9H2. The smallest absolute Gasteiger partial charge is 0.0555 e. The van der Waals surface area contributed by atoms with Gasteiger partial charge in [0.15, 0.2) is 0 Å². The summed E-state index contributed by atoms with van der Waals surface area (Å²) in [4.78, 5) is 2.41. The SMILES string of the molecule is C=C1CCCN(CCNCCO)C1. The van der Waals surface area contributed by atoms with E-state index in [1.54, 1.807) is 0 Å². The van der Waals surface area contributed by atoms with Crippen molar-refractivity contribution in [2.24, 2.45) is 0 Å². The lowest BCUT2D eigenvalue weighted by molar-refractivity contribution is 0.255. The highest BCUT2D eigenvalue weighted by Gasteiger charge is 2.11. The summed E-state index contributed by atoms with van der Waals surface area (Å²) < 4.78 is 0. The molecule has 0 saturated carbocycles. The number of aliphatic hydroxyl groups excluding tert-OH is 1. The van der Waals surface area contributed by atoms with E-state index in [0.29, 0.717) is 6.54 Å². The Bertz CT molecular complexity index is 159. The number of hydrogen-bond acceptors (Lipinski definition) is 3. The van der Waals surface area contributed by atoms with Crippen LogP contribution in [0.15, 0.2) is 12.2 Å². The minimum absolute atomic E-state index is 0.229. The molecule has 0 aromatic heterocycles. The zero-order valence-corrected chi connectivity index (χ0v) is 8.26. The van der Waals surface area contributed by atoms with Crippen LogP contribution >= 0.6 is 0 Å². The van der Waals surface area contributed by atoms with Crippen molar-refractivity contribution in [3.05, 3.63) is 12.2 Å². The van der Waals surface area contributed by atoms with Gasteiger partial charge in [0.1, 0.15) is 0 Å². The van der Waals surface area contributed by atoms with Crippen LogP contribution in [0.4, 0.5) is 0 Å². The average Bonchev–Trinajstić information content (AvgIpc) is 2.13. The van der Waals surface area contributed by atoms with Crippen molar-refractivity contribution in [1.29, 1.82) is 0 Å². The third kappa shape index (κ3) is 4.41. The first-order valence-electron chi connectivity index (χ1n) is 5.03. The molecule has 13 heavy (non-hydrogen) atoms. The number of hydrogen-bond donors (Lipinski definition) is 2. The Morgan fingerprint density at radius 2 is 2.31 bits per heavy atom. The molecule has 1 heterocycles. The maximum absolute atomic E-state index is 8.56. The summed E-state index contributed by atoms with van der Waals surface area (Å²) in [5.41, 5.74) is 1.36. The van der Waals surface area contributed by atoms with Gasteiger partial charge in [-0.3, -0.25) is 4.90 Å². The Morgan fingerprint density at radius 3 is 3.00 bits per heavy atom. The summed E-state index contributed by atoms with van der Waals surface area (Å²) in [5, 5.41) is 11.7. The number of piperidine rings is 1. The lowest BCUT2D eigenvalue weighted by Crippen LogP contribution is -2.37. The molecular weight excluding hydrogens is 164 g/mol. The highest BCUT2D eigenvalue weighted by atomic mass is 16.3. The summed E-state index contributed by atoms with van der Waals surface area (Å²) >= 11 is 0. The number of rotatable bonds is 5. The molecule has 76 valence electrons. The molecule has 1 saturated heterocycles. The van der Waals surface area contributed by atoms with Gasteiger partial charge in [-0.1, -0.05) is 12.2 Å². The van der Waals surface area contributed by atoms with E-state index in [2.05, 4.69) is 16.8 Å². The minimum Gasteiger partial charge on any atom is -0.395 e. The highest BCUT2D eigenvalue weighted by Crippen LogP contribution is 2.12. The van der Waals surface area contributed by atoms with Crippen LogP contribution in [0.3, 0.4) is 0 Å². The van der Waals surface area contributed by atoms with Gasteiger partial charge in [0, 0.05) is 26.2 Å². The minimum atomic E-state index is 0.229. The van der Waals surface area contributed by atoms with E-state index in [9.17, 15) is 0 Å². The van der Waals surface area contributed by atoms with Gasteiger partial charge < -0.3 is 10.4 Å². The second kappa shape index (κ2) is 6.13. The molecule has 3 heteroatoms. The average molecular weight is 184 g/mol. The number of likely N-dealkylation sites (tertiary alicyclic amines) is 1. The Morgan fingerprint density at radius 1 is 1.46 bits per heavy atom. The molecule has 0 bridgehead atoms. The summed E-state index contributed by atoms with van der Waals surface area (Å²) in [6.07, 6.45) is 2.44. The first-order chi connectivity index (χ1) is 6.33. The first kappa shape index (κ1) is 10.7. The molecule has 1 aliphatic heterocycles. The maximum Gasteiger partial charge on any atom is 0.0555 e. The van der Waals surface area contributed by atoms with Crippen LogP contribution in [0.2, 0.25) is 0 Å². The Hall–Kier alpha value is -0.380. The predicted molar refractivity (Wildman–Crippen MR) is 54.8 cm³/mol. The predicted octanol–water partition coefficient (Wildman–Crippen LogP) is 0.220. The van der Waals surface area contributed by atoms with Gasteiger partial charge in [0.25, 0.3) is 0 Å². The van der Waals surface area contributed by atoms with E-state index in [1.165, 1.54) is 25.0 Å². The Kier molecular flexibility index (Phi) is 5.05. The van der Waals surface area contributed by atoms with Crippen LogP contribution in [-0.2, 0) is 0 Å². The highest BCUT2D eigenvalue weighted by molar-refractivity contribution is 5.00. The van der Waals surface area contributed by atoms with Gasteiger partial charge in [-0.25, -0.2) is 0 Å². The normalized spacial score (nSPS) is 19.3. The molecule has 0 aromatic carbocycles. The lowest BCUT2D eigenvalue weighted by atomic mass is 10.1. The van der Waals surface area contributed by atoms with E-state index >= 15 is 0 Å². The van der Waals surface area contributed by atoms with E-state index in [-0.39, 0.29) is 6.61 Å². The third-order valence-corrected chi connectivity index (χ3v) is 2.35. The van der Waals surface area contributed by atoms with E-state index in [4.69, 9.17) is 5.11 Å². The molecule has 0 aliphatic carbocycles. The van der Waals surface area contributed by atoms with Crippen molar-refractivity contribution >= 4 is 0 Å². The van der Waals surface area contributed by atoms with Crippen LogP contribution < -0.4 is 5.32 Å². The molecule has 0 unspecified atom stereocenters. The molecule has 2 N–H and O–H groups in total. The first-order valence-corrected chi connectivity index (χ1v) is 5.03. The summed E-state index contributed by atoms with van der Waals surface area (Å²) in [6, 6.07) is 0. The Balaban J connectivity index is 2.03. The van der Waals surface area contributed by atoms with Crippen molar-refractivity contribution in [1.82, 2.24) is 10.2 Å². The van der Waals surface area contributed by atoms with Gasteiger partial charge >= 0.3 is 0 Å². The number of nitrogens with zero attached hydrogens (tertiary/aromatic N) is 1. The fraction of sp³-hybridized carbons (Fsp3) is 0.800. The zero-order chi connectivity index (χ0) is 9.52. The maximum atomic E-state index is 8.56. The number of nitrogens with one attached hydrogen (secondary N) is 1. The van der Waals surface area contributed by atoms with Crippen LogP contribution in [0.25, 0.3) is 0 Å². The van der Waals surface area contributed by atoms with Crippen molar-refractivity contribution in [2.75, 3.05) is 39.3 Å². The van der Waals surface area contributed by atoms with E-state index in [1.807, 2.05) is 0 Å². The largest absolute Gasteiger partial charge is 0.395 e. The molecule has 1 aliphatic rings. The zero-order valence-electron chi connectivity index (χ0n) is 8.26. The van der Waals surface area contributed by atoms with Crippen molar-refractivity contribution in [3.8, 4) is 0 Å². The van der Waals surface area contributed by atoms with Gasteiger partial charge in [0.2, 0.25) is 0 Å². The fourth-order valence-corrected chi connectivity index (χ4v) is 1.66. The van der Waals surface area contributed by atoms with Crippen LogP contribution in [-0.4, -0.2) is 49.3 Å². The van der Waals surface area contributed by atoms with Crippen molar-refractivity contribution in [3.63, 3.8) is 0 Å². The molecule has 0 aromatic rings. The summed E-state index contributed by atoms with van der Waals surface area (Å²) in [6.45, 7) is 9.22. The monoisotopic (exact) mass is 184 g/mol. The van der Waals surface area contributed by atoms with Gasteiger partial charge in [0.05, 0.1) is 6.61 Å². The molecular formula is C10H20N2O. The third-order valence-electron chi connectivity index (χ3n) is 2.35. The van der Waals surface area contributed by atoms with Crippen molar-refractivity contribution in [2.45, 2.75) is 12.8 Å². The topological polar surface area (TPSA) is 35.5 Å². The molecule has 1 rings (SSSR count). The fourth-order valence-electron chi connectivity index (χ4n) is 1.66. The molecule has 0 atom stereocenters. The second-order valence-corrected chi connectivity index (χ2v) is 3.60. The molecule has 3 nitrogen and oxygen atoms in total. The van der Waals surface area contributed by atoms with Crippen LogP contribution in [0, 0.1) is 0 Å². The van der Waals surface area contributed by atoms with Crippen LogP contribution in [0.1, 0.15) is 12.8 Å². The van der Waals surface area contributed by atoms with Gasteiger partial charge in [-0.15, -0.1) is 0 Å². The van der Waals surface area contributed by atoms with Crippen molar-refractivity contribution < 1.29 is 5.11 Å². The van der Waals surface area contributed by atoms with E-state index < -0.39 is 0 Å². The number of aliphatic hydroxyl groups is 1. The van der Waals surface area contributed by atoms with Crippen LogP contribution in [0.5, 0.6) is 0 Å². The molecule has 0 amide bonds. The summed E-state index contributed by atoms with van der Waals surface area (Å²) in [7, 11) is 0. The quantitative estimate of drug-likeness (QED) is 0.474. The summed E-state index contributed by atoms with van der Waals surface area (Å²) in [5.74, 6) is 0. The van der Waals surface area contributed by atoms with Gasteiger partial charge in [-0.2, -0.15) is 0 Å². The lowest BCUT2D eigenvalue weighted by Gasteiger charge is -2.27. The molecule has 0 spiro atoms. The molecule has 1 fully saturated rings. The van der Waals surface area contributed by atoms with Gasteiger partial charge in [-0.05, 0) is 19.4 Å². The molecule has 0 radical (unpaired) electrons.